The van der Waals surface area contributed by atoms with E-state index in [2.05, 4.69) is 20.6 Å². The molecule has 1 aromatic rings. The summed E-state index contributed by atoms with van der Waals surface area (Å²) in [4.78, 5) is 13.0. The van der Waals surface area contributed by atoms with Crippen molar-refractivity contribution in [3.63, 3.8) is 0 Å². The van der Waals surface area contributed by atoms with Crippen LogP contribution in [-0.2, 0) is 0 Å². The molecule has 0 aromatic carbocycles. The molecular weight excluding hydrogens is 158 g/mol. The fraction of sp³-hybridized carbons (Fsp3) is 0.667. The predicted molar refractivity (Wildman–Crippen MR) is 41.4 cm³/mol. The summed E-state index contributed by atoms with van der Waals surface area (Å²) in [5.41, 5.74) is 0. The van der Waals surface area contributed by atoms with Gasteiger partial charge in [-0.1, -0.05) is 0 Å². The fourth-order valence-corrected chi connectivity index (χ4v) is 0.905. The Hall–Kier alpha value is -1.46. The van der Waals surface area contributed by atoms with Gasteiger partial charge in [0, 0.05) is 13.1 Å². The topological polar surface area (TPSA) is 74.8 Å². The molecule has 12 heavy (non-hydrogen) atoms. The number of rotatable bonds is 3. The summed E-state index contributed by atoms with van der Waals surface area (Å²) in [7, 11) is 0. The van der Waals surface area contributed by atoms with Crippen molar-refractivity contribution in [1.29, 1.82) is 0 Å². The lowest BCUT2D eigenvalue weighted by atomic mass is 10.4. The third-order valence-corrected chi connectivity index (χ3v) is 1.59. The Bertz CT molecular complexity index is 240. The van der Waals surface area contributed by atoms with Crippen LogP contribution in [-0.4, -0.2) is 44.5 Å². The van der Waals surface area contributed by atoms with Crippen molar-refractivity contribution in [1.82, 2.24) is 25.5 Å². The Morgan fingerprint density at radius 2 is 2.17 bits per heavy atom. The van der Waals surface area contributed by atoms with Crippen molar-refractivity contribution >= 4 is 5.91 Å². The second-order valence-electron chi connectivity index (χ2n) is 2.21. The second-order valence-corrected chi connectivity index (χ2v) is 2.21. The molecule has 1 N–H and O–H groups in total. The first-order valence-corrected chi connectivity index (χ1v) is 3.82. The standard InChI is InChI=1S/C6H11N5O/c1-3-11(4-2)6(12)5-7-9-10-8-5/h3-4H2,1-2H3,(H,7,8,9,10). The molecule has 0 bridgehead atoms. The van der Waals surface area contributed by atoms with Crippen molar-refractivity contribution in [3.8, 4) is 0 Å². The van der Waals surface area contributed by atoms with Gasteiger partial charge in [0.15, 0.2) is 0 Å². The van der Waals surface area contributed by atoms with Crippen molar-refractivity contribution < 1.29 is 4.79 Å². The molecule has 66 valence electrons. The number of aromatic nitrogens is 4. The highest BCUT2D eigenvalue weighted by Crippen LogP contribution is 1.95. The van der Waals surface area contributed by atoms with Crippen LogP contribution >= 0.6 is 0 Å². The molecule has 1 rings (SSSR count). The molecule has 0 radical (unpaired) electrons. The summed E-state index contributed by atoms with van der Waals surface area (Å²) in [6.45, 7) is 5.12. The number of hydrogen-bond acceptors (Lipinski definition) is 4. The zero-order valence-corrected chi connectivity index (χ0v) is 7.11. The van der Waals surface area contributed by atoms with Crippen molar-refractivity contribution in [2.75, 3.05) is 13.1 Å². The Labute approximate surface area is 70.0 Å². The Morgan fingerprint density at radius 3 is 2.58 bits per heavy atom. The van der Waals surface area contributed by atoms with Crippen molar-refractivity contribution in [3.05, 3.63) is 5.82 Å². The highest BCUT2D eigenvalue weighted by Gasteiger charge is 2.15. The van der Waals surface area contributed by atoms with E-state index in [1.165, 1.54) is 0 Å². The Kier molecular flexibility index (Phi) is 2.73. The van der Waals surface area contributed by atoms with E-state index in [1.54, 1.807) is 4.90 Å². The average molecular weight is 169 g/mol. The second kappa shape index (κ2) is 3.80. The maximum absolute atomic E-state index is 11.4. The van der Waals surface area contributed by atoms with E-state index >= 15 is 0 Å². The van der Waals surface area contributed by atoms with Crippen LogP contribution < -0.4 is 0 Å². The molecule has 1 amide bonds. The molecule has 0 saturated heterocycles. The number of aromatic amines is 1. The molecule has 1 aromatic heterocycles. The number of amides is 1. The molecule has 6 nitrogen and oxygen atoms in total. The van der Waals surface area contributed by atoms with Crippen LogP contribution in [0.1, 0.15) is 24.5 Å². The number of tetrazole rings is 1. The van der Waals surface area contributed by atoms with Gasteiger partial charge in [-0.15, -0.1) is 10.2 Å². The number of H-pyrrole nitrogens is 1. The van der Waals surface area contributed by atoms with E-state index in [0.717, 1.165) is 0 Å². The maximum Gasteiger partial charge on any atom is 0.295 e. The third-order valence-electron chi connectivity index (χ3n) is 1.59. The van der Waals surface area contributed by atoms with E-state index in [9.17, 15) is 4.79 Å². The molecule has 0 aliphatic rings. The molecule has 0 aliphatic heterocycles. The van der Waals surface area contributed by atoms with E-state index in [-0.39, 0.29) is 11.7 Å². The van der Waals surface area contributed by atoms with Crippen molar-refractivity contribution in [2.45, 2.75) is 13.8 Å². The molecule has 0 fully saturated rings. The van der Waals surface area contributed by atoms with Crippen LogP contribution in [0.2, 0.25) is 0 Å². The summed E-state index contributed by atoms with van der Waals surface area (Å²) in [6.07, 6.45) is 0. The van der Waals surface area contributed by atoms with Crippen LogP contribution in [0.25, 0.3) is 0 Å². The summed E-state index contributed by atoms with van der Waals surface area (Å²) in [5.74, 6) is -0.0625. The largest absolute Gasteiger partial charge is 0.336 e. The zero-order chi connectivity index (χ0) is 8.97. The van der Waals surface area contributed by atoms with Gasteiger partial charge in [-0.25, -0.2) is 0 Å². The van der Waals surface area contributed by atoms with Gasteiger partial charge in [-0.2, -0.15) is 5.21 Å². The smallest absolute Gasteiger partial charge is 0.295 e. The maximum atomic E-state index is 11.4. The van der Waals surface area contributed by atoms with Gasteiger partial charge >= 0.3 is 0 Å². The average Bonchev–Trinajstić information content (AvgIpc) is 2.58. The minimum absolute atomic E-state index is 0.124. The molecule has 0 aliphatic carbocycles. The van der Waals surface area contributed by atoms with Crippen molar-refractivity contribution in [2.24, 2.45) is 0 Å². The molecule has 0 spiro atoms. The summed E-state index contributed by atoms with van der Waals surface area (Å²) in [6, 6.07) is 0. The van der Waals surface area contributed by atoms with Gasteiger partial charge in [-0.3, -0.25) is 4.79 Å². The first-order valence-electron chi connectivity index (χ1n) is 3.82. The van der Waals surface area contributed by atoms with Crippen LogP contribution in [0, 0.1) is 0 Å². The quantitative estimate of drug-likeness (QED) is 0.673. The number of nitrogens with zero attached hydrogens (tertiary/aromatic N) is 4. The number of carbonyl (C=O) groups excluding carboxylic acids is 1. The lowest BCUT2D eigenvalue weighted by Crippen LogP contribution is -2.31. The van der Waals surface area contributed by atoms with Crippen LogP contribution in [0.3, 0.4) is 0 Å². The molecule has 0 unspecified atom stereocenters. The summed E-state index contributed by atoms with van der Waals surface area (Å²) in [5, 5.41) is 12.7. The third kappa shape index (κ3) is 1.58. The van der Waals surface area contributed by atoms with Gasteiger partial charge < -0.3 is 4.90 Å². The predicted octanol–water partition coefficient (Wildman–Crippen LogP) is -0.318. The van der Waals surface area contributed by atoms with Crippen LogP contribution in [0.15, 0.2) is 0 Å². The summed E-state index contributed by atoms with van der Waals surface area (Å²) < 4.78 is 0. The monoisotopic (exact) mass is 169 g/mol. The Morgan fingerprint density at radius 1 is 1.50 bits per heavy atom. The first-order chi connectivity index (χ1) is 5.79. The molecule has 0 atom stereocenters. The number of hydrogen-bond donors (Lipinski definition) is 1. The minimum atomic E-state index is -0.186. The van der Waals surface area contributed by atoms with Gasteiger partial charge in [0.05, 0.1) is 0 Å². The van der Waals surface area contributed by atoms with Crippen LogP contribution in [0.5, 0.6) is 0 Å². The molecule has 1 heterocycles. The van der Waals surface area contributed by atoms with Gasteiger partial charge in [-0.05, 0) is 19.1 Å². The zero-order valence-electron chi connectivity index (χ0n) is 7.11. The van der Waals surface area contributed by atoms with Gasteiger partial charge in [0.1, 0.15) is 0 Å². The molecular formula is C6H11N5O. The fourth-order valence-electron chi connectivity index (χ4n) is 0.905. The minimum Gasteiger partial charge on any atom is -0.336 e. The normalized spacial score (nSPS) is 9.83. The van der Waals surface area contributed by atoms with E-state index in [0.29, 0.717) is 13.1 Å². The van der Waals surface area contributed by atoms with Crippen LogP contribution in [0.4, 0.5) is 0 Å². The number of carbonyl (C=O) groups is 1. The Balaban J connectivity index is 2.70. The number of nitrogens with one attached hydrogen (secondary N) is 1. The van der Waals surface area contributed by atoms with Gasteiger partial charge in [0.25, 0.3) is 11.7 Å². The SMILES string of the molecule is CCN(CC)C(=O)c1nn[nH]n1. The summed E-state index contributed by atoms with van der Waals surface area (Å²) >= 11 is 0. The molecule has 6 heteroatoms. The van der Waals surface area contributed by atoms with E-state index in [1.807, 2.05) is 13.8 Å². The molecule has 0 saturated carbocycles. The van der Waals surface area contributed by atoms with E-state index < -0.39 is 0 Å². The highest BCUT2D eigenvalue weighted by atomic mass is 16.2. The highest BCUT2D eigenvalue weighted by molar-refractivity contribution is 5.90. The van der Waals surface area contributed by atoms with E-state index in [4.69, 9.17) is 0 Å². The van der Waals surface area contributed by atoms with Gasteiger partial charge in [0.2, 0.25) is 0 Å². The lowest BCUT2D eigenvalue weighted by molar-refractivity contribution is 0.0761. The lowest BCUT2D eigenvalue weighted by Gasteiger charge is -2.15. The first kappa shape index (κ1) is 8.63.